The summed E-state index contributed by atoms with van der Waals surface area (Å²) in [4.78, 5) is 0.294. The molecule has 0 unspecified atom stereocenters. The normalized spacial score (nSPS) is 17.3. The Labute approximate surface area is 137 Å². The molecule has 0 spiro atoms. The molecule has 0 aromatic heterocycles. The summed E-state index contributed by atoms with van der Waals surface area (Å²) < 4.78 is 32.3. The highest BCUT2D eigenvalue weighted by atomic mass is 35.5. The topological polar surface area (TPSA) is 46.6 Å². The van der Waals surface area contributed by atoms with Gasteiger partial charge in [-0.25, -0.2) is 8.42 Å². The van der Waals surface area contributed by atoms with Crippen LogP contribution in [0.5, 0.6) is 0 Å². The van der Waals surface area contributed by atoms with Crippen molar-refractivity contribution in [2.45, 2.75) is 24.7 Å². The van der Waals surface area contributed by atoms with Crippen LogP contribution in [0.1, 0.15) is 18.4 Å². The van der Waals surface area contributed by atoms with Crippen molar-refractivity contribution in [1.29, 1.82) is 0 Å². The number of nitrogens with zero attached hydrogens (tertiary/aromatic N) is 1. The van der Waals surface area contributed by atoms with Gasteiger partial charge in [0.1, 0.15) is 6.61 Å². The Morgan fingerprint density at radius 2 is 2.09 bits per heavy atom. The van der Waals surface area contributed by atoms with Gasteiger partial charge in [0.15, 0.2) is 0 Å². The molecule has 4 nitrogen and oxygen atoms in total. The lowest BCUT2D eigenvalue weighted by Gasteiger charge is -2.31. The van der Waals surface area contributed by atoms with Gasteiger partial charge in [-0.1, -0.05) is 23.6 Å². The molecule has 0 N–H and O–H groups in total. The largest absolute Gasteiger partial charge is 0.369 e. The summed E-state index contributed by atoms with van der Waals surface area (Å²) >= 11 is 6.04. The van der Waals surface area contributed by atoms with Crippen LogP contribution in [0.3, 0.4) is 0 Å². The molecule has 1 aromatic rings. The first kappa shape index (κ1) is 17.3. The predicted octanol–water partition coefficient (Wildman–Crippen LogP) is 2.70. The Balaban J connectivity index is 2.04. The number of ether oxygens (including phenoxy) is 1. The fraction of sp³-hybridized carbons (Fsp3) is 0.500. The van der Waals surface area contributed by atoms with Crippen molar-refractivity contribution in [3.8, 4) is 12.3 Å². The predicted molar refractivity (Wildman–Crippen MR) is 87.3 cm³/mol. The third-order valence-corrected chi connectivity index (χ3v) is 6.40. The van der Waals surface area contributed by atoms with E-state index in [0.29, 0.717) is 47.7 Å². The van der Waals surface area contributed by atoms with E-state index in [-0.39, 0.29) is 0 Å². The first-order chi connectivity index (χ1) is 10.5. The number of sulfonamides is 1. The van der Waals surface area contributed by atoms with Crippen LogP contribution in [0.4, 0.5) is 0 Å². The van der Waals surface area contributed by atoms with Gasteiger partial charge in [-0.3, -0.25) is 0 Å². The van der Waals surface area contributed by atoms with E-state index in [4.69, 9.17) is 22.8 Å². The molecule has 1 aliphatic heterocycles. The summed E-state index contributed by atoms with van der Waals surface area (Å²) in [5, 5.41) is 0.471. The number of hydrogen-bond donors (Lipinski definition) is 0. The molecule has 2 rings (SSSR count). The summed E-state index contributed by atoms with van der Waals surface area (Å²) in [7, 11) is -3.49. The summed E-state index contributed by atoms with van der Waals surface area (Å²) in [6.07, 6.45) is 6.70. The first-order valence-electron chi connectivity index (χ1n) is 7.23. The van der Waals surface area contributed by atoms with Crippen LogP contribution in [0.2, 0.25) is 5.02 Å². The molecule has 0 radical (unpaired) electrons. The number of benzene rings is 1. The summed E-state index contributed by atoms with van der Waals surface area (Å²) in [5.74, 6) is 2.79. The van der Waals surface area contributed by atoms with Crippen LogP contribution < -0.4 is 0 Å². The highest BCUT2D eigenvalue weighted by molar-refractivity contribution is 7.89. The molecule has 6 heteroatoms. The van der Waals surface area contributed by atoms with Gasteiger partial charge in [0.05, 0.1) is 11.5 Å². The van der Waals surface area contributed by atoms with Gasteiger partial charge in [-0.2, -0.15) is 4.31 Å². The van der Waals surface area contributed by atoms with Gasteiger partial charge in [0.25, 0.3) is 0 Å². The molecule has 1 aliphatic rings. The SMILES string of the molecule is C#CCOCC1CCN(S(=O)(=O)c2cccc(Cl)c2C)CC1. The first-order valence-corrected chi connectivity index (χ1v) is 9.05. The van der Waals surface area contributed by atoms with E-state index in [1.807, 2.05) is 0 Å². The number of halogens is 1. The number of hydrogen-bond acceptors (Lipinski definition) is 3. The molecule has 120 valence electrons. The van der Waals surface area contributed by atoms with E-state index in [9.17, 15) is 8.42 Å². The van der Waals surface area contributed by atoms with Gasteiger partial charge < -0.3 is 4.74 Å². The Morgan fingerprint density at radius 3 is 2.73 bits per heavy atom. The van der Waals surface area contributed by atoms with Crippen molar-refractivity contribution in [1.82, 2.24) is 4.31 Å². The second-order valence-corrected chi connectivity index (χ2v) is 7.74. The molecular weight excluding hydrogens is 322 g/mol. The number of rotatable bonds is 5. The Kier molecular flexibility index (Phi) is 5.87. The molecule has 0 amide bonds. The maximum Gasteiger partial charge on any atom is 0.243 e. The molecular formula is C16H20ClNO3S. The van der Waals surface area contributed by atoms with E-state index < -0.39 is 10.0 Å². The Bertz CT molecular complexity index is 658. The van der Waals surface area contributed by atoms with Gasteiger partial charge in [0, 0.05) is 18.1 Å². The van der Waals surface area contributed by atoms with Crippen molar-refractivity contribution in [2.75, 3.05) is 26.3 Å². The highest BCUT2D eigenvalue weighted by Gasteiger charge is 2.30. The quantitative estimate of drug-likeness (QED) is 0.611. The van der Waals surface area contributed by atoms with E-state index in [1.54, 1.807) is 25.1 Å². The minimum Gasteiger partial charge on any atom is -0.369 e. The van der Waals surface area contributed by atoms with Gasteiger partial charge in [-0.15, -0.1) is 6.42 Å². The average Bonchev–Trinajstić information content (AvgIpc) is 2.50. The molecule has 1 aromatic carbocycles. The highest BCUT2D eigenvalue weighted by Crippen LogP contribution is 2.28. The third-order valence-electron chi connectivity index (χ3n) is 3.95. The van der Waals surface area contributed by atoms with Crippen molar-refractivity contribution in [2.24, 2.45) is 5.92 Å². The lowest BCUT2D eigenvalue weighted by atomic mass is 9.99. The van der Waals surface area contributed by atoms with Gasteiger partial charge in [0.2, 0.25) is 10.0 Å². The summed E-state index contributed by atoms with van der Waals surface area (Å²) in [6, 6.07) is 4.98. The summed E-state index contributed by atoms with van der Waals surface area (Å²) in [6.45, 7) is 3.63. The zero-order valence-corrected chi connectivity index (χ0v) is 14.2. The molecule has 0 saturated carbocycles. The van der Waals surface area contributed by atoms with E-state index in [1.165, 1.54) is 4.31 Å². The fourth-order valence-corrected chi connectivity index (χ4v) is 4.55. The average molecular weight is 342 g/mol. The van der Waals surface area contributed by atoms with Crippen molar-refractivity contribution in [3.63, 3.8) is 0 Å². The van der Waals surface area contributed by atoms with Crippen LogP contribution in [-0.2, 0) is 14.8 Å². The fourth-order valence-electron chi connectivity index (χ4n) is 2.61. The second-order valence-electron chi connectivity index (χ2n) is 5.43. The smallest absolute Gasteiger partial charge is 0.243 e. The maximum absolute atomic E-state index is 12.7. The zero-order valence-electron chi connectivity index (χ0n) is 12.6. The van der Waals surface area contributed by atoms with Gasteiger partial charge in [-0.05, 0) is 43.4 Å². The van der Waals surface area contributed by atoms with E-state index in [0.717, 1.165) is 12.8 Å². The summed E-state index contributed by atoms with van der Waals surface area (Å²) in [5.41, 5.74) is 0.601. The second kappa shape index (κ2) is 7.47. The van der Waals surface area contributed by atoms with Crippen molar-refractivity contribution >= 4 is 21.6 Å². The van der Waals surface area contributed by atoms with Crippen LogP contribution in [0.25, 0.3) is 0 Å². The lowest BCUT2D eigenvalue weighted by Crippen LogP contribution is -2.39. The molecule has 22 heavy (non-hydrogen) atoms. The Hall–Kier alpha value is -1.06. The van der Waals surface area contributed by atoms with Crippen molar-refractivity contribution < 1.29 is 13.2 Å². The minimum atomic E-state index is -3.49. The zero-order chi connectivity index (χ0) is 16.2. The molecule has 1 fully saturated rings. The maximum atomic E-state index is 12.7. The van der Waals surface area contributed by atoms with Crippen LogP contribution in [0.15, 0.2) is 23.1 Å². The molecule has 0 bridgehead atoms. The third kappa shape index (κ3) is 3.82. The molecule has 0 atom stereocenters. The number of piperidine rings is 1. The van der Waals surface area contributed by atoms with Crippen LogP contribution in [0, 0.1) is 25.2 Å². The van der Waals surface area contributed by atoms with Gasteiger partial charge >= 0.3 is 0 Å². The number of terminal acetylenes is 1. The van der Waals surface area contributed by atoms with Crippen molar-refractivity contribution in [3.05, 3.63) is 28.8 Å². The standard InChI is InChI=1S/C16H20ClNO3S/c1-3-11-21-12-14-7-9-18(10-8-14)22(19,20)16-6-4-5-15(17)13(16)2/h1,4-6,14H,7-12H2,2H3. The molecule has 1 saturated heterocycles. The van der Waals surface area contributed by atoms with E-state index in [2.05, 4.69) is 5.92 Å². The monoisotopic (exact) mass is 341 g/mol. The lowest BCUT2D eigenvalue weighted by molar-refractivity contribution is 0.101. The van der Waals surface area contributed by atoms with Crippen LogP contribution >= 0.6 is 11.6 Å². The van der Waals surface area contributed by atoms with Crippen LogP contribution in [-0.4, -0.2) is 39.0 Å². The van der Waals surface area contributed by atoms with E-state index >= 15 is 0 Å². The molecule has 0 aliphatic carbocycles. The Morgan fingerprint density at radius 1 is 1.41 bits per heavy atom. The molecule has 1 heterocycles. The minimum absolute atomic E-state index is 0.294.